The quantitative estimate of drug-likeness (QED) is 0.366. The summed E-state index contributed by atoms with van der Waals surface area (Å²) < 4.78 is 13.7. The summed E-state index contributed by atoms with van der Waals surface area (Å²) in [5.74, 6) is 2.83. The zero-order valence-corrected chi connectivity index (χ0v) is 18.3. The smallest absolute Gasteiger partial charge is 0.217 e. The monoisotopic (exact) mass is 430 g/mol. The maximum absolute atomic E-state index is 6.01. The van der Waals surface area contributed by atoms with Crippen LogP contribution in [0.25, 0.3) is 27.4 Å². The first-order chi connectivity index (χ1) is 15.2. The Kier molecular flexibility index (Phi) is 4.31. The van der Waals surface area contributed by atoms with Gasteiger partial charge in [0.25, 0.3) is 0 Å². The van der Waals surface area contributed by atoms with E-state index in [1.807, 2.05) is 18.2 Å². The number of rotatable bonds is 5. The standard InChI is InChI=1S/C24H22N4O2S/c1-3-19-14(2)31-24-21(19)23-26-22(27-28(23)13-25-24)20-10-9-18(30-20)12-29-17-8-7-15-5-4-6-16(15)11-17/h7-11,13H,3-6,12H2,1-2H3. The zero-order valence-electron chi connectivity index (χ0n) is 17.5. The zero-order chi connectivity index (χ0) is 20.9. The second-order valence-electron chi connectivity index (χ2n) is 7.96. The molecule has 0 saturated heterocycles. The lowest BCUT2D eigenvalue weighted by molar-refractivity contribution is 0.271. The van der Waals surface area contributed by atoms with Gasteiger partial charge in [0.15, 0.2) is 11.4 Å². The van der Waals surface area contributed by atoms with Crippen LogP contribution in [0.15, 0.2) is 41.1 Å². The van der Waals surface area contributed by atoms with Gasteiger partial charge in [0.2, 0.25) is 5.82 Å². The van der Waals surface area contributed by atoms with Crippen molar-refractivity contribution >= 4 is 27.2 Å². The summed E-state index contributed by atoms with van der Waals surface area (Å²) in [5.41, 5.74) is 4.97. The molecule has 31 heavy (non-hydrogen) atoms. The van der Waals surface area contributed by atoms with Crippen molar-refractivity contribution in [3.63, 3.8) is 0 Å². The lowest BCUT2D eigenvalue weighted by Crippen LogP contribution is -1.94. The van der Waals surface area contributed by atoms with Crippen molar-refractivity contribution in [2.75, 3.05) is 0 Å². The van der Waals surface area contributed by atoms with Crippen molar-refractivity contribution in [2.24, 2.45) is 0 Å². The van der Waals surface area contributed by atoms with Crippen molar-refractivity contribution in [2.45, 2.75) is 46.1 Å². The molecule has 5 aromatic rings. The summed E-state index contributed by atoms with van der Waals surface area (Å²) in [6, 6.07) is 10.2. The van der Waals surface area contributed by atoms with E-state index in [1.54, 1.807) is 22.2 Å². The van der Waals surface area contributed by atoms with Crippen LogP contribution in [-0.4, -0.2) is 19.6 Å². The molecule has 0 aliphatic heterocycles. The first-order valence-corrected chi connectivity index (χ1v) is 11.5. The van der Waals surface area contributed by atoms with E-state index in [0.717, 1.165) is 40.2 Å². The van der Waals surface area contributed by atoms with Crippen LogP contribution in [-0.2, 0) is 25.9 Å². The van der Waals surface area contributed by atoms with E-state index < -0.39 is 0 Å². The topological polar surface area (TPSA) is 65.5 Å². The molecule has 0 spiro atoms. The molecule has 0 unspecified atom stereocenters. The molecule has 6 rings (SSSR count). The van der Waals surface area contributed by atoms with Gasteiger partial charge in [-0.15, -0.1) is 16.4 Å². The third-order valence-corrected chi connectivity index (χ3v) is 7.07. The Hall–Kier alpha value is -3.19. The molecule has 0 N–H and O–H groups in total. The van der Waals surface area contributed by atoms with E-state index >= 15 is 0 Å². The third-order valence-electron chi connectivity index (χ3n) is 6.02. The number of fused-ring (bicyclic) bond motifs is 4. The molecule has 0 bridgehead atoms. The number of aromatic nitrogens is 4. The summed E-state index contributed by atoms with van der Waals surface area (Å²) in [7, 11) is 0. The van der Waals surface area contributed by atoms with Crippen LogP contribution in [0.1, 0.15) is 40.7 Å². The number of nitrogens with zero attached hydrogens (tertiary/aromatic N) is 4. The number of thiophene rings is 1. The van der Waals surface area contributed by atoms with E-state index in [1.165, 1.54) is 34.4 Å². The van der Waals surface area contributed by atoms with Crippen LogP contribution in [0.2, 0.25) is 0 Å². The highest BCUT2D eigenvalue weighted by Crippen LogP contribution is 2.33. The minimum atomic E-state index is 0.377. The van der Waals surface area contributed by atoms with Crippen LogP contribution in [0, 0.1) is 6.92 Å². The van der Waals surface area contributed by atoms with Gasteiger partial charge in [-0.3, -0.25) is 0 Å². The molecule has 0 atom stereocenters. The fourth-order valence-corrected chi connectivity index (χ4v) is 5.54. The van der Waals surface area contributed by atoms with Gasteiger partial charge in [0.1, 0.15) is 29.3 Å². The van der Waals surface area contributed by atoms with Crippen molar-refractivity contribution in [1.29, 1.82) is 0 Å². The van der Waals surface area contributed by atoms with Crippen molar-refractivity contribution < 1.29 is 9.15 Å². The van der Waals surface area contributed by atoms with Gasteiger partial charge < -0.3 is 9.15 Å². The number of furan rings is 1. The van der Waals surface area contributed by atoms with Gasteiger partial charge in [0, 0.05) is 4.88 Å². The summed E-state index contributed by atoms with van der Waals surface area (Å²) in [5, 5.41) is 5.70. The molecule has 1 aromatic carbocycles. The Balaban J connectivity index is 1.28. The molecule has 1 aliphatic rings. The van der Waals surface area contributed by atoms with Crippen LogP contribution < -0.4 is 4.74 Å². The Morgan fingerprint density at radius 3 is 2.97 bits per heavy atom. The summed E-state index contributed by atoms with van der Waals surface area (Å²) in [6.07, 6.45) is 6.22. The van der Waals surface area contributed by atoms with Crippen molar-refractivity contribution in [1.82, 2.24) is 19.6 Å². The van der Waals surface area contributed by atoms with E-state index in [4.69, 9.17) is 14.1 Å². The lowest BCUT2D eigenvalue weighted by atomic mass is 10.1. The molecular weight excluding hydrogens is 408 g/mol. The number of ether oxygens (including phenoxy) is 1. The molecule has 0 saturated carbocycles. The van der Waals surface area contributed by atoms with Gasteiger partial charge in [0.05, 0.1) is 5.39 Å². The van der Waals surface area contributed by atoms with Crippen LogP contribution in [0.5, 0.6) is 5.75 Å². The van der Waals surface area contributed by atoms with Gasteiger partial charge in [-0.05, 0) is 73.6 Å². The first kappa shape index (κ1) is 18.6. The number of benzene rings is 1. The maximum atomic E-state index is 6.01. The maximum Gasteiger partial charge on any atom is 0.217 e. The van der Waals surface area contributed by atoms with Gasteiger partial charge in [-0.25, -0.2) is 14.5 Å². The molecule has 4 heterocycles. The fourth-order valence-electron chi connectivity index (χ4n) is 4.46. The molecule has 0 fully saturated rings. The average Bonchev–Trinajstić information content (AvgIpc) is 3.55. The van der Waals surface area contributed by atoms with Gasteiger partial charge >= 0.3 is 0 Å². The number of hydrogen-bond acceptors (Lipinski definition) is 6. The van der Waals surface area contributed by atoms with E-state index in [2.05, 4.69) is 36.1 Å². The number of aryl methyl sites for hydroxylation is 4. The molecule has 4 aromatic heterocycles. The highest BCUT2D eigenvalue weighted by Gasteiger charge is 2.18. The molecule has 1 aliphatic carbocycles. The minimum Gasteiger partial charge on any atom is -0.486 e. The van der Waals surface area contributed by atoms with E-state index in [9.17, 15) is 0 Å². The Morgan fingerprint density at radius 1 is 1.16 bits per heavy atom. The SMILES string of the molecule is CCc1c(C)sc2ncn3nc(-c4ccc(COc5ccc6c(c5)CCC6)o4)nc3c12. The van der Waals surface area contributed by atoms with Crippen LogP contribution in [0.3, 0.4) is 0 Å². The average molecular weight is 431 g/mol. The first-order valence-electron chi connectivity index (χ1n) is 10.7. The fraction of sp³-hybridized carbons (Fsp3) is 0.292. The van der Waals surface area contributed by atoms with E-state index in [0.29, 0.717) is 18.2 Å². The molecule has 0 radical (unpaired) electrons. The predicted molar refractivity (Wildman–Crippen MR) is 121 cm³/mol. The third kappa shape index (κ3) is 3.11. The van der Waals surface area contributed by atoms with Gasteiger partial charge in [-0.1, -0.05) is 13.0 Å². The molecular formula is C24H22N4O2S. The second-order valence-corrected chi connectivity index (χ2v) is 9.16. The Labute approximate surface area is 183 Å². The highest BCUT2D eigenvalue weighted by molar-refractivity contribution is 7.18. The number of hydrogen-bond donors (Lipinski definition) is 0. The van der Waals surface area contributed by atoms with Gasteiger partial charge in [-0.2, -0.15) is 0 Å². The molecule has 7 heteroatoms. The summed E-state index contributed by atoms with van der Waals surface area (Å²) >= 11 is 1.71. The summed E-state index contributed by atoms with van der Waals surface area (Å²) in [4.78, 5) is 11.6. The highest BCUT2D eigenvalue weighted by atomic mass is 32.1. The summed E-state index contributed by atoms with van der Waals surface area (Å²) in [6.45, 7) is 4.68. The Bertz CT molecular complexity index is 1430. The molecule has 156 valence electrons. The van der Waals surface area contributed by atoms with Crippen LogP contribution in [0.4, 0.5) is 0 Å². The normalized spacial score (nSPS) is 13.4. The lowest BCUT2D eigenvalue weighted by Gasteiger charge is -2.06. The largest absolute Gasteiger partial charge is 0.486 e. The molecule has 0 amide bonds. The second kappa shape index (κ2) is 7.20. The minimum absolute atomic E-state index is 0.377. The molecule has 6 nitrogen and oxygen atoms in total. The van der Waals surface area contributed by atoms with Crippen molar-refractivity contribution in [3.8, 4) is 17.3 Å². The Morgan fingerprint density at radius 2 is 2.06 bits per heavy atom. The predicted octanol–water partition coefficient (Wildman–Crippen LogP) is 5.54. The van der Waals surface area contributed by atoms with E-state index in [-0.39, 0.29) is 0 Å². The van der Waals surface area contributed by atoms with Crippen LogP contribution >= 0.6 is 11.3 Å². The van der Waals surface area contributed by atoms with Crippen molar-refractivity contribution in [3.05, 3.63) is 64.0 Å².